The molecule has 0 spiro atoms. The number of methoxy groups -OCH3 is 2. The monoisotopic (exact) mass is 321 g/mol. The number of ether oxygens (including phenoxy) is 2. The summed E-state index contributed by atoms with van der Waals surface area (Å²) in [5.74, 6) is 0.957. The van der Waals surface area contributed by atoms with Crippen molar-refractivity contribution in [3.05, 3.63) is 53.6 Å². The van der Waals surface area contributed by atoms with Crippen LogP contribution in [0.5, 0.6) is 11.5 Å². The van der Waals surface area contributed by atoms with Gasteiger partial charge >= 0.3 is 0 Å². The van der Waals surface area contributed by atoms with Crippen molar-refractivity contribution in [2.75, 3.05) is 18.9 Å². The Labute approximate surface area is 130 Å². The van der Waals surface area contributed by atoms with E-state index in [1.807, 2.05) is 25.1 Å². The van der Waals surface area contributed by atoms with Crippen LogP contribution < -0.4 is 14.2 Å². The SMILES string of the molecule is COc1cc(C)c(NS(=O)(=O)Cc2ccccc2)cc1OC. The Morgan fingerprint density at radius 2 is 1.59 bits per heavy atom. The molecule has 1 N–H and O–H groups in total. The summed E-state index contributed by atoms with van der Waals surface area (Å²) in [6.45, 7) is 1.81. The summed E-state index contributed by atoms with van der Waals surface area (Å²) in [6, 6.07) is 12.4. The molecule has 118 valence electrons. The van der Waals surface area contributed by atoms with Crippen molar-refractivity contribution in [1.29, 1.82) is 0 Å². The van der Waals surface area contributed by atoms with Gasteiger partial charge in [0.05, 0.1) is 25.7 Å². The van der Waals surface area contributed by atoms with E-state index in [0.29, 0.717) is 17.2 Å². The first kappa shape index (κ1) is 16.2. The van der Waals surface area contributed by atoms with Crippen molar-refractivity contribution in [2.45, 2.75) is 12.7 Å². The fourth-order valence-corrected chi connectivity index (χ4v) is 3.35. The topological polar surface area (TPSA) is 64.6 Å². The number of hydrogen-bond acceptors (Lipinski definition) is 4. The standard InChI is InChI=1S/C16H19NO4S/c1-12-9-15(20-2)16(21-3)10-14(12)17-22(18,19)11-13-7-5-4-6-8-13/h4-10,17H,11H2,1-3H3. The minimum absolute atomic E-state index is 0.0817. The van der Waals surface area contributed by atoms with Gasteiger partial charge in [0.15, 0.2) is 11.5 Å². The molecular formula is C16H19NO4S. The van der Waals surface area contributed by atoms with Crippen molar-refractivity contribution < 1.29 is 17.9 Å². The highest BCUT2D eigenvalue weighted by Gasteiger charge is 2.15. The second kappa shape index (κ2) is 6.70. The van der Waals surface area contributed by atoms with Crippen molar-refractivity contribution in [3.8, 4) is 11.5 Å². The fraction of sp³-hybridized carbons (Fsp3) is 0.250. The minimum atomic E-state index is -3.50. The van der Waals surface area contributed by atoms with Gasteiger partial charge in [-0.2, -0.15) is 0 Å². The van der Waals surface area contributed by atoms with Gasteiger partial charge in [0.25, 0.3) is 0 Å². The van der Waals surface area contributed by atoms with Crippen LogP contribution in [0.15, 0.2) is 42.5 Å². The lowest BCUT2D eigenvalue weighted by molar-refractivity contribution is 0.355. The van der Waals surface area contributed by atoms with Crippen LogP contribution in [0.2, 0.25) is 0 Å². The van der Waals surface area contributed by atoms with Gasteiger partial charge in [-0.05, 0) is 24.1 Å². The van der Waals surface area contributed by atoms with Crippen molar-refractivity contribution in [3.63, 3.8) is 0 Å². The third-order valence-electron chi connectivity index (χ3n) is 3.20. The Kier molecular flexibility index (Phi) is 4.92. The summed E-state index contributed by atoms with van der Waals surface area (Å²) in [5, 5.41) is 0. The third-order valence-corrected chi connectivity index (χ3v) is 4.44. The van der Waals surface area contributed by atoms with Crippen LogP contribution in [0.25, 0.3) is 0 Å². The average molecular weight is 321 g/mol. The first-order chi connectivity index (χ1) is 10.4. The van der Waals surface area contributed by atoms with E-state index >= 15 is 0 Å². The smallest absolute Gasteiger partial charge is 0.236 e. The lowest BCUT2D eigenvalue weighted by atomic mass is 10.2. The van der Waals surface area contributed by atoms with E-state index in [2.05, 4.69) is 4.72 Å². The number of hydrogen-bond donors (Lipinski definition) is 1. The van der Waals surface area contributed by atoms with E-state index in [9.17, 15) is 8.42 Å². The van der Waals surface area contributed by atoms with Gasteiger partial charge < -0.3 is 9.47 Å². The van der Waals surface area contributed by atoms with E-state index < -0.39 is 10.0 Å². The average Bonchev–Trinajstić information content (AvgIpc) is 2.49. The Hall–Kier alpha value is -2.21. The highest BCUT2D eigenvalue weighted by atomic mass is 32.2. The van der Waals surface area contributed by atoms with Crippen LogP contribution in [-0.2, 0) is 15.8 Å². The van der Waals surface area contributed by atoms with Crippen LogP contribution >= 0.6 is 0 Å². The second-order valence-corrected chi connectivity index (χ2v) is 6.59. The van der Waals surface area contributed by atoms with E-state index in [4.69, 9.17) is 9.47 Å². The first-order valence-electron chi connectivity index (χ1n) is 6.72. The van der Waals surface area contributed by atoms with Gasteiger partial charge in [0, 0.05) is 6.07 Å². The fourth-order valence-electron chi connectivity index (χ4n) is 2.09. The van der Waals surface area contributed by atoms with Gasteiger partial charge in [-0.3, -0.25) is 4.72 Å². The summed E-state index contributed by atoms with van der Waals surface area (Å²) >= 11 is 0. The van der Waals surface area contributed by atoms with Crippen LogP contribution in [-0.4, -0.2) is 22.6 Å². The molecular weight excluding hydrogens is 302 g/mol. The van der Waals surface area contributed by atoms with E-state index in [1.54, 1.807) is 24.3 Å². The molecule has 0 amide bonds. The van der Waals surface area contributed by atoms with E-state index in [0.717, 1.165) is 11.1 Å². The minimum Gasteiger partial charge on any atom is -0.493 e. The molecule has 5 nitrogen and oxygen atoms in total. The van der Waals surface area contributed by atoms with Crippen molar-refractivity contribution >= 4 is 15.7 Å². The molecule has 2 aromatic carbocycles. The van der Waals surface area contributed by atoms with Gasteiger partial charge in [-0.1, -0.05) is 30.3 Å². The second-order valence-electron chi connectivity index (χ2n) is 4.87. The molecule has 0 aliphatic heterocycles. The molecule has 0 saturated carbocycles. The molecule has 2 rings (SSSR count). The first-order valence-corrected chi connectivity index (χ1v) is 8.37. The summed E-state index contributed by atoms with van der Waals surface area (Å²) in [5.41, 5.74) is 1.97. The summed E-state index contributed by atoms with van der Waals surface area (Å²) in [6.07, 6.45) is 0. The van der Waals surface area contributed by atoms with Crippen LogP contribution in [0, 0.1) is 6.92 Å². The molecule has 0 aromatic heterocycles. The molecule has 0 atom stereocenters. The van der Waals surface area contributed by atoms with Gasteiger partial charge in [-0.15, -0.1) is 0 Å². The number of rotatable bonds is 6. The number of benzene rings is 2. The molecule has 0 radical (unpaired) electrons. The normalized spacial score (nSPS) is 11.0. The molecule has 0 aliphatic rings. The van der Waals surface area contributed by atoms with Crippen LogP contribution in [0.1, 0.15) is 11.1 Å². The van der Waals surface area contributed by atoms with Crippen molar-refractivity contribution in [2.24, 2.45) is 0 Å². The van der Waals surface area contributed by atoms with Crippen LogP contribution in [0.4, 0.5) is 5.69 Å². The zero-order valence-corrected chi connectivity index (χ0v) is 13.6. The van der Waals surface area contributed by atoms with Crippen LogP contribution in [0.3, 0.4) is 0 Å². The molecule has 0 unspecified atom stereocenters. The largest absolute Gasteiger partial charge is 0.493 e. The number of anilines is 1. The van der Waals surface area contributed by atoms with Crippen molar-refractivity contribution in [1.82, 2.24) is 0 Å². The number of aryl methyl sites for hydroxylation is 1. The maximum absolute atomic E-state index is 12.3. The molecule has 0 heterocycles. The molecule has 0 bridgehead atoms. The highest BCUT2D eigenvalue weighted by Crippen LogP contribution is 2.33. The molecule has 0 aliphatic carbocycles. The lowest BCUT2D eigenvalue weighted by Gasteiger charge is -2.14. The summed E-state index contributed by atoms with van der Waals surface area (Å²) in [4.78, 5) is 0. The zero-order valence-electron chi connectivity index (χ0n) is 12.8. The summed E-state index contributed by atoms with van der Waals surface area (Å²) in [7, 11) is -0.454. The van der Waals surface area contributed by atoms with Gasteiger partial charge in [0.2, 0.25) is 10.0 Å². The molecule has 6 heteroatoms. The molecule has 0 fully saturated rings. The summed E-state index contributed by atoms with van der Waals surface area (Å²) < 4.78 is 37.6. The quantitative estimate of drug-likeness (QED) is 0.888. The van der Waals surface area contributed by atoms with E-state index in [-0.39, 0.29) is 5.75 Å². The van der Waals surface area contributed by atoms with Gasteiger partial charge in [-0.25, -0.2) is 8.42 Å². The van der Waals surface area contributed by atoms with E-state index in [1.165, 1.54) is 14.2 Å². The lowest BCUT2D eigenvalue weighted by Crippen LogP contribution is -2.16. The Balaban J connectivity index is 2.26. The Bertz CT molecular complexity index is 742. The third kappa shape index (κ3) is 3.92. The Morgan fingerprint density at radius 1 is 1.00 bits per heavy atom. The van der Waals surface area contributed by atoms with Gasteiger partial charge in [0.1, 0.15) is 0 Å². The molecule has 22 heavy (non-hydrogen) atoms. The molecule has 0 saturated heterocycles. The maximum Gasteiger partial charge on any atom is 0.236 e. The number of sulfonamides is 1. The maximum atomic E-state index is 12.3. The highest BCUT2D eigenvalue weighted by molar-refractivity contribution is 7.91. The predicted molar refractivity (Wildman–Crippen MR) is 87.0 cm³/mol. The predicted octanol–water partition coefficient (Wildman–Crippen LogP) is 2.95. The Morgan fingerprint density at radius 3 is 2.18 bits per heavy atom. The number of nitrogens with one attached hydrogen (secondary N) is 1. The zero-order chi connectivity index (χ0) is 16.2. The molecule has 2 aromatic rings.